The maximum Gasteiger partial charge on any atom is 0.143 e. The zero-order chi connectivity index (χ0) is 37.8. The normalized spacial score (nSPS) is 13.2. The van der Waals surface area contributed by atoms with Crippen molar-refractivity contribution in [1.82, 2.24) is 0 Å². The molecule has 0 saturated carbocycles. The van der Waals surface area contributed by atoms with E-state index in [2.05, 4.69) is 207 Å². The summed E-state index contributed by atoms with van der Waals surface area (Å²) >= 11 is 0. The highest BCUT2D eigenvalue weighted by Crippen LogP contribution is 2.51. The smallest absolute Gasteiger partial charge is 0.143 e. The lowest BCUT2D eigenvalue weighted by Crippen LogP contribution is -2.16. The summed E-state index contributed by atoms with van der Waals surface area (Å²) in [6, 6.07) is 68.9. The van der Waals surface area contributed by atoms with Gasteiger partial charge in [0.15, 0.2) is 0 Å². The highest BCUT2D eigenvalue weighted by atomic mass is 16.3. The third-order valence-electron chi connectivity index (χ3n) is 12.6. The molecule has 0 aliphatic heterocycles. The maximum absolute atomic E-state index is 7.01. The first-order chi connectivity index (χ1) is 28.0. The summed E-state index contributed by atoms with van der Waals surface area (Å²) < 4.78 is 7.01. The van der Waals surface area contributed by atoms with Gasteiger partial charge in [-0.3, -0.25) is 0 Å². The Morgan fingerprint density at radius 2 is 0.930 bits per heavy atom. The topological polar surface area (TPSA) is 16.4 Å². The first kappa shape index (κ1) is 32.1. The van der Waals surface area contributed by atoms with Crippen LogP contribution in [0.2, 0.25) is 0 Å². The van der Waals surface area contributed by atoms with Crippen LogP contribution in [0.4, 0.5) is 17.1 Å². The fourth-order valence-corrected chi connectivity index (χ4v) is 9.91. The number of hydrogen-bond acceptors (Lipinski definition) is 2. The Hall–Kier alpha value is -7.16. The third-order valence-corrected chi connectivity index (χ3v) is 12.6. The fraction of sp³-hybridized carbons (Fsp3) is 0.0545. The molecule has 0 fully saturated rings. The van der Waals surface area contributed by atoms with Gasteiger partial charge in [0.1, 0.15) is 11.2 Å². The molecular formula is C55H37NO. The monoisotopic (exact) mass is 727 g/mol. The van der Waals surface area contributed by atoms with E-state index in [1.54, 1.807) is 0 Å². The van der Waals surface area contributed by atoms with E-state index in [9.17, 15) is 0 Å². The highest BCUT2D eigenvalue weighted by molar-refractivity contribution is 6.26. The number of fused-ring (bicyclic) bond motifs is 13. The van der Waals surface area contributed by atoms with Gasteiger partial charge in [-0.25, -0.2) is 0 Å². The van der Waals surface area contributed by atoms with Gasteiger partial charge in [0, 0.05) is 44.9 Å². The van der Waals surface area contributed by atoms with Crippen LogP contribution in [0.1, 0.15) is 25.0 Å². The molecule has 0 unspecified atom stereocenters. The summed E-state index contributed by atoms with van der Waals surface area (Å²) in [6.45, 7) is 4.71. The van der Waals surface area contributed by atoms with Crippen LogP contribution in [-0.2, 0) is 5.41 Å². The maximum atomic E-state index is 7.01. The standard InChI is InChI=1S/C55H37NO/c1-55(2)50-23-13-12-22-45(50)46-28-25-37(32-51(46)55)56(36-24-27-44-42-20-9-8-18-40(42)41-19-10-11-21-43(41)48(44)31-36)38-26-29-47-49-30-35-16-6-7-17-39(35)53(34-14-4-3-5-15-34)54(49)57-52(47)33-38/h3-33H,1-2H3. The van der Waals surface area contributed by atoms with Crippen LogP contribution in [0.5, 0.6) is 0 Å². The van der Waals surface area contributed by atoms with E-state index >= 15 is 0 Å². The molecule has 268 valence electrons. The lowest BCUT2D eigenvalue weighted by molar-refractivity contribution is 0.660. The van der Waals surface area contributed by atoms with Crippen molar-refractivity contribution in [3.8, 4) is 22.3 Å². The average molecular weight is 728 g/mol. The minimum absolute atomic E-state index is 0.134. The lowest BCUT2D eigenvalue weighted by Gasteiger charge is -2.28. The molecule has 1 heterocycles. The van der Waals surface area contributed by atoms with Crippen molar-refractivity contribution < 1.29 is 4.42 Å². The first-order valence-electron chi connectivity index (χ1n) is 19.8. The lowest BCUT2D eigenvalue weighted by atomic mass is 9.82. The van der Waals surface area contributed by atoms with Gasteiger partial charge in [-0.15, -0.1) is 0 Å². The van der Waals surface area contributed by atoms with E-state index in [0.717, 1.165) is 50.1 Å². The summed E-state index contributed by atoms with van der Waals surface area (Å²) in [6.07, 6.45) is 0. The molecule has 12 rings (SSSR count). The van der Waals surface area contributed by atoms with Gasteiger partial charge in [-0.2, -0.15) is 0 Å². The van der Waals surface area contributed by atoms with Gasteiger partial charge >= 0.3 is 0 Å². The van der Waals surface area contributed by atoms with Crippen molar-refractivity contribution in [3.05, 3.63) is 199 Å². The predicted molar refractivity (Wildman–Crippen MR) is 241 cm³/mol. The largest absolute Gasteiger partial charge is 0.455 e. The van der Waals surface area contributed by atoms with Crippen molar-refractivity contribution in [2.75, 3.05) is 4.90 Å². The van der Waals surface area contributed by atoms with Crippen molar-refractivity contribution in [1.29, 1.82) is 0 Å². The third kappa shape index (κ3) is 4.65. The van der Waals surface area contributed by atoms with Crippen molar-refractivity contribution in [2.24, 2.45) is 0 Å². The summed E-state index contributed by atoms with van der Waals surface area (Å²) in [5, 5.41) is 12.2. The molecule has 11 aromatic rings. The number of hydrogen-bond donors (Lipinski definition) is 0. The molecule has 0 spiro atoms. The molecule has 0 amide bonds. The second kappa shape index (κ2) is 11.9. The Bertz CT molecular complexity index is 3410. The van der Waals surface area contributed by atoms with E-state index in [1.807, 2.05) is 0 Å². The Morgan fingerprint density at radius 1 is 0.386 bits per heavy atom. The molecule has 0 saturated heterocycles. The molecule has 2 nitrogen and oxygen atoms in total. The summed E-state index contributed by atoms with van der Waals surface area (Å²) in [5.41, 5.74) is 12.5. The zero-order valence-electron chi connectivity index (χ0n) is 31.8. The second-order valence-electron chi connectivity index (χ2n) is 16.1. The fourth-order valence-electron chi connectivity index (χ4n) is 9.91. The molecule has 0 atom stereocenters. The number of furan rings is 1. The van der Waals surface area contributed by atoms with E-state index in [4.69, 9.17) is 4.42 Å². The predicted octanol–water partition coefficient (Wildman–Crippen LogP) is 15.6. The summed E-state index contributed by atoms with van der Waals surface area (Å²) in [5.74, 6) is 0. The molecule has 10 aromatic carbocycles. The van der Waals surface area contributed by atoms with Crippen molar-refractivity contribution in [3.63, 3.8) is 0 Å². The number of rotatable bonds is 4. The van der Waals surface area contributed by atoms with Gasteiger partial charge in [-0.1, -0.05) is 153 Å². The highest BCUT2D eigenvalue weighted by Gasteiger charge is 2.36. The van der Waals surface area contributed by atoms with Crippen molar-refractivity contribution >= 4 is 82.1 Å². The van der Waals surface area contributed by atoms with Crippen molar-refractivity contribution in [2.45, 2.75) is 19.3 Å². The van der Waals surface area contributed by atoms with Crippen LogP contribution in [-0.4, -0.2) is 0 Å². The molecule has 1 aliphatic rings. The van der Waals surface area contributed by atoms with Crippen LogP contribution in [0.15, 0.2) is 192 Å². The van der Waals surface area contributed by atoms with Crippen LogP contribution in [0, 0.1) is 0 Å². The molecule has 2 heteroatoms. The summed E-state index contributed by atoms with van der Waals surface area (Å²) in [7, 11) is 0. The average Bonchev–Trinajstić information content (AvgIpc) is 3.73. The van der Waals surface area contributed by atoms with E-state index in [0.29, 0.717) is 0 Å². The van der Waals surface area contributed by atoms with E-state index < -0.39 is 0 Å². The van der Waals surface area contributed by atoms with E-state index in [1.165, 1.54) is 65.3 Å². The first-order valence-corrected chi connectivity index (χ1v) is 19.8. The van der Waals surface area contributed by atoms with Crippen LogP contribution >= 0.6 is 0 Å². The summed E-state index contributed by atoms with van der Waals surface area (Å²) in [4.78, 5) is 2.42. The van der Waals surface area contributed by atoms with Gasteiger partial charge in [-0.05, 0) is 113 Å². The van der Waals surface area contributed by atoms with Gasteiger partial charge in [0.2, 0.25) is 0 Å². The molecule has 1 aromatic heterocycles. The quantitative estimate of drug-likeness (QED) is 0.168. The second-order valence-corrected chi connectivity index (χ2v) is 16.1. The minimum Gasteiger partial charge on any atom is -0.455 e. The molecule has 1 aliphatic carbocycles. The molecule has 0 radical (unpaired) electrons. The van der Waals surface area contributed by atoms with Crippen LogP contribution in [0.3, 0.4) is 0 Å². The Labute approximate surface area is 330 Å². The van der Waals surface area contributed by atoms with Crippen LogP contribution in [0.25, 0.3) is 87.3 Å². The number of benzene rings is 10. The van der Waals surface area contributed by atoms with Gasteiger partial charge in [0.25, 0.3) is 0 Å². The Balaban J connectivity index is 1.12. The zero-order valence-corrected chi connectivity index (χ0v) is 31.8. The van der Waals surface area contributed by atoms with E-state index in [-0.39, 0.29) is 5.41 Å². The number of nitrogens with zero attached hydrogens (tertiary/aromatic N) is 1. The minimum atomic E-state index is -0.134. The number of anilines is 3. The molecule has 57 heavy (non-hydrogen) atoms. The Kier molecular flexibility index (Phi) is 6.72. The molecule has 0 bridgehead atoms. The Morgan fingerprint density at radius 3 is 1.68 bits per heavy atom. The SMILES string of the molecule is CC1(C)c2ccccc2-c2ccc(N(c3ccc4c(c3)oc3c(-c5ccccc5)c5ccccc5cc34)c3ccc4c5ccccc5c5ccccc5c4c3)cc21. The van der Waals surface area contributed by atoms with Crippen LogP contribution < -0.4 is 4.90 Å². The van der Waals surface area contributed by atoms with Gasteiger partial charge < -0.3 is 9.32 Å². The molecular weight excluding hydrogens is 691 g/mol. The molecule has 0 N–H and O–H groups in total. The van der Waals surface area contributed by atoms with Gasteiger partial charge in [0.05, 0.1) is 0 Å².